The molecule has 2 rings (SSSR count). The Labute approximate surface area is 122 Å². The van der Waals surface area contributed by atoms with E-state index in [1.165, 1.54) is 16.7 Å². The maximum Gasteiger partial charge on any atom is 0.0656 e. The Morgan fingerprint density at radius 3 is 2.25 bits per heavy atom. The summed E-state index contributed by atoms with van der Waals surface area (Å²) < 4.78 is 0. The van der Waals surface area contributed by atoms with Crippen molar-refractivity contribution in [3.63, 3.8) is 0 Å². The Bertz CT molecular complexity index is 570. The smallest absolute Gasteiger partial charge is 0.0656 e. The molecular formula is C18H24N2. The van der Waals surface area contributed by atoms with Crippen LogP contribution in [-0.2, 0) is 6.42 Å². The lowest BCUT2D eigenvalue weighted by molar-refractivity contribution is 0.703. The number of rotatable bonds is 4. The molecule has 2 nitrogen and oxygen atoms in total. The summed E-state index contributed by atoms with van der Waals surface area (Å²) in [5, 5.41) is 8.67. The molecule has 2 heteroatoms. The molecular weight excluding hydrogens is 244 g/mol. The molecule has 1 aromatic heterocycles. The van der Waals surface area contributed by atoms with Crippen molar-refractivity contribution in [3.8, 4) is 0 Å². The Morgan fingerprint density at radius 2 is 1.70 bits per heavy atom. The fourth-order valence-electron chi connectivity index (χ4n) is 2.59. The minimum Gasteiger partial charge on any atom is -0.155 e. The van der Waals surface area contributed by atoms with Crippen LogP contribution in [0.4, 0.5) is 0 Å². The van der Waals surface area contributed by atoms with E-state index in [-0.39, 0.29) is 0 Å². The summed E-state index contributed by atoms with van der Waals surface area (Å²) in [5.74, 6) is 0.906. The number of benzene rings is 1. The number of hydrogen-bond donors (Lipinski definition) is 0. The van der Waals surface area contributed by atoms with Gasteiger partial charge in [0.25, 0.3) is 0 Å². The summed E-state index contributed by atoms with van der Waals surface area (Å²) in [7, 11) is 0. The largest absolute Gasteiger partial charge is 0.155 e. The molecule has 0 unspecified atom stereocenters. The van der Waals surface area contributed by atoms with Crippen LogP contribution in [0.1, 0.15) is 60.7 Å². The summed E-state index contributed by atoms with van der Waals surface area (Å²) in [6.45, 7) is 10.9. The SMILES string of the molecule is Cc1ccc([C@H](C)Cc2ccc(C(C)C)nn2)c(C)c1. The first-order chi connectivity index (χ1) is 9.47. The van der Waals surface area contributed by atoms with Crippen LogP contribution in [0.2, 0.25) is 0 Å². The second-order valence-corrected chi connectivity index (χ2v) is 6.07. The Kier molecular flexibility index (Phi) is 4.53. The molecule has 0 aliphatic carbocycles. The molecule has 0 saturated carbocycles. The Morgan fingerprint density at radius 1 is 0.950 bits per heavy atom. The first-order valence-electron chi connectivity index (χ1n) is 7.37. The third kappa shape index (κ3) is 3.44. The molecule has 106 valence electrons. The molecule has 0 aliphatic rings. The van der Waals surface area contributed by atoms with Gasteiger partial charge in [0.15, 0.2) is 0 Å². The van der Waals surface area contributed by atoms with Crippen LogP contribution in [0.3, 0.4) is 0 Å². The van der Waals surface area contributed by atoms with E-state index < -0.39 is 0 Å². The van der Waals surface area contributed by atoms with E-state index in [2.05, 4.69) is 75.1 Å². The lowest BCUT2D eigenvalue weighted by Crippen LogP contribution is -2.05. The van der Waals surface area contributed by atoms with Gasteiger partial charge in [-0.2, -0.15) is 10.2 Å². The number of aryl methyl sites for hydroxylation is 2. The van der Waals surface area contributed by atoms with Crippen molar-refractivity contribution in [1.82, 2.24) is 10.2 Å². The Balaban J connectivity index is 2.12. The minimum atomic E-state index is 0.438. The molecule has 2 aromatic rings. The van der Waals surface area contributed by atoms with E-state index in [1.54, 1.807) is 0 Å². The van der Waals surface area contributed by atoms with Crippen LogP contribution in [0, 0.1) is 13.8 Å². The highest BCUT2D eigenvalue weighted by atomic mass is 15.1. The van der Waals surface area contributed by atoms with Gasteiger partial charge < -0.3 is 0 Å². The van der Waals surface area contributed by atoms with Crippen LogP contribution >= 0.6 is 0 Å². The van der Waals surface area contributed by atoms with Crippen molar-refractivity contribution in [2.45, 2.75) is 52.9 Å². The second kappa shape index (κ2) is 6.17. The zero-order chi connectivity index (χ0) is 14.7. The summed E-state index contributed by atoms with van der Waals surface area (Å²) in [6.07, 6.45) is 0.940. The van der Waals surface area contributed by atoms with Gasteiger partial charge in [-0.1, -0.05) is 44.5 Å². The predicted octanol–water partition coefficient (Wildman–Crippen LogP) is 4.56. The van der Waals surface area contributed by atoms with Crippen molar-refractivity contribution in [1.29, 1.82) is 0 Å². The molecule has 1 atom stereocenters. The maximum atomic E-state index is 4.36. The van der Waals surface area contributed by atoms with Crippen LogP contribution in [0.15, 0.2) is 30.3 Å². The summed E-state index contributed by atoms with van der Waals surface area (Å²) in [5.41, 5.74) is 6.23. The summed E-state index contributed by atoms with van der Waals surface area (Å²) in [4.78, 5) is 0. The van der Waals surface area contributed by atoms with Crippen molar-refractivity contribution in [2.75, 3.05) is 0 Å². The van der Waals surface area contributed by atoms with Crippen molar-refractivity contribution < 1.29 is 0 Å². The fourth-order valence-corrected chi connectivity index (χ4v) is 2.59. The van der Waals surface area contributed by atoms with Gasteiger partial charge >= 0.3 is 0 Å². The zero-order valence-electron chi connectivity index (χ0n) is 13.1. The second-order valence-electron chi connectivity index (χ2n) is 6.07. The average Bonchev–Trinajstić information content (AvgIpc) is 2.39. The molecule has 0 spiro atoms. The zero-order valence-corrected chi connectivity index (χ0v) is 13.1. The van der Waals surface area contributed by atoms with E-state index in [4.69, 9.17) is 0 Å². The van der Waals surface area contributed by atoms with E-state index in [0.717, 1.165) is 17.8 Å². The third-order valence-electron chi connectivity index (χ3n) is 3.80. The van der Waals surface area contributed by atoms with Gasteiger partial charge in [0.05, 0.1) is 11.4 Å². The van der Waals surface area contributed by atoms with Crippen molar-refractivity contribution in [2.24, 2.45) is 0 Å². The maximum absolute atomic E-state index is 4.36. The predicted molar refractivity (Wildman–Crippen MR) is 84.2 cm³/mol. The lowest BCUT2D eigenvalue weighted by Gasteiger charge is -2.15. The minimum absolute atomic E-state index is 0.438. The lowest BCUT2D eigenvalue weighted by atomic mass is 9.91. The van der Waals surface area contributed by atoms with Crippen molar-refractivity contribution >= 4 is 0 Å². The highest BCUT2D eigenvalue weighted by Gasteiger charge is 2.11. The van der Waals surface area contributed by atoms with Crippen LogP contribution in [0.25, 0.3) is 0 Å². The van der Waals surface area contributed by atoms with Crippen LogP contribution in [0.5, 0.6) is 0 Å². The van der Waals surface area contributed by atoms with Gasteiger partial charge in [-0.05, 0) is 55.4 Å². The highest BCUT2D eigenvalue weighted by Crippen LogP contribution is 2.23. The molecule has 0 aliphatic heterocycles. The first kappa shape index (κ1) is 14.7. The van der Waals surface area contributed by atoms with Gasteiger partial charge in [-0.25, -0.2) is 0 Å². The van der Waals surface area contributed by atoms with Crippen LogP contribution < -0.4 is 0 Å². The number of aromatic nitrogens is 2. The molecule has 1 heterocycles. The van der Waals surface area contributed by atoms with Gasteiger partial charge in [-0.3, -0.25) is 0 Å². The standard InChI is InChI=1S/C18H24N2/c1-12(2)18-9-7-16(19-20-18)11-15(5)17-8-6-13(3)10-14(17)4/h6-10,12,15H,11H2,1-5H3/t15-/m1/s1. The quantitative estimate of drug-likeness (QED) is 0.812. The molecule has 0 N–H and O–H groups in total. The number of hydrogen-bond acceptors (Lipinski definition) is 2. The van der Waals surface area contributed by atoms with Crippen LogP contribution in [-0.4, -0.2) is 10.2 Å². The molecule has 0 bridgehead atoms. The Hall–Kier alpha value is -1.70. The van der Waals surface area contributed by atoms with Gasteiger partial charge in [0, 0.05) is 0 Å². The summed E-state index contributed by atoms with van der Waals surface area (Å²) in [6, 6.07) is 10.9. The average molecular weight is 268 g/mol. The first-order valence-corrected chi connectivity index (χ1v) is 7.37. The molecule has 0 radical (unpaired) electrons. The van der Waals surface area contributed by atoms with E-state index in [0.29, 0.717) is 11.8 Å². The fraction of sp³-hybridized carbons (Fsp3) is 0.444. The van der Waals surface area contributed by atoms with Gasteiger partial charge in [-0.15, -0.1) is 0 Å². The molecule has 0 amide bonds. The highest BCUT2D eigenvalue weighted by molar-refractivity contribution is 5.33. The normalized spacial score (nSPS) is 12.7. The monoisotopic (exact) mass is 268 g/mol. The number of nitrogens with zero attached hydrogens (tertiary/aromatic N) is 2. The topological polar surface area (TPSA) is 25.8 Å². The molecule has 0 fully saturated rings. The third-order valence-corrected chi connectivity index (χ3v) is 3.80. The van der Waals surface area contributed by atoms with Gasteiger partial charge in [0.2, 0.25) is 0 Å². The summed E-state index contributed by atoms with van der Waals surface area (Å²) >= 11 is 0. The van der Waals surface area contributed by atoms with E-state index in [1.807, 2.05) is 0 Å². The molecule has 0 saturated heterocycles. The van der Waals surface area contributed by atoms with E-state index >= 15 is 0 Å². The molecule has 20 heavy (non-hydrogen) atoms. The van der Waals surface area contributed by atoms with Gasteiger partial charge in [0.1, 0.15) is 0 Å². The van der Waals surface area contributed by atoms with E-state index in [9.17, 15) is 0 Å². The molecule has 1 aromatic carbocycles. The van der Waals surface area contributed by atoms with Crippen molar-refractivity contribution in [3.05, 3.63) is 58.4 Å².